The zero-order valence-corrected chi connectivity index (χ0v) is 13.1. The van der Waals surface area contributed by atoms with Crippen molar-refractivity contribution in [3.05, 3.63) is 26.8 Å². The van der Waals surface area contributed by atoms with E-state index in [1.807, 2.05) is 13.8 Å². The lowest BCUT2D eigenvalue weighted by Crippen LogP contribution is -2.18. The average molecular weight is 316 g/mol. The molecule has 0 aliphatic heterocycles. The summed E-state index contributed by atoms with van der Waals surface area (Å²) in [6, 6.07) is -0.787. The minimum atomic E-state index is -0.787. The molecule has 20 heavy (non-hydrogen) atoms. The third-order valence-electron chi connectivity index (χ3n) is 2.59. The Balaban J connectivity index is 2.72. The van der Waals surface area contributed by atoms with Gasteiger partial charge in [0.15, 0.2) is 4.34 Å². The zero-order chi connectivity index (χ0) is 15.1. The van der Waals surface area contributed by atoms with Gasteiger partial charge in [0.25, 0.3) is 0 Å². The van der Waals surface area contributed by atoms with E-state index in [-0.39, 0.29) is 4.92 Å². The number of hydrogen-bond donors (Lipinski definition) is 1. The number of nitro groups is 1. The maximum absolute atomic E-state index is 10.8. The molecule has 0 bridgehead atoms. The number of oxime groups is 1. The minimum absolute atomic E-state index is 0.356. The molecule has 1 aromatic rings. The highest BCUT2D eigenvalue weighted by atomic mass is 32.2. The van der Waals surface area contributed by atoms with Gasteiger partial charge in [-0.2, -0.15) is 0 Å². The lowest BCUT2D eigenvalue weighted by atomic mass is 10.1. The fourth-order valence-electron chi connectivity index (χ4n) is 1.44. The maximum Gasteiger partial charge on any atom is 0.231 e. The fraction of sp³-hybridized carbons (Fsp3) is 0.545. The van der Waals surface area contributed by atoms with Crippen molar-refractivity contribution < 1.29 is 10.1 Å². The molecule has 7 nitrogen and oxygen atoms in total. The van der Waals surface area contributed by atoms with Crippen LogP contribution in [0.15, 0.2) is 21.1 Å². The van der Waals surface area contributed by atoms with Crippen LogP contribution in [-0.2, 0) is 0 Å². The van der Waals surface area contributed by atoms with Crippen LogP contribution in [0.4, 0.5) is 0 Å². The van der Waals surface area contributed by atoms with Gasteiger partial charge in [-0.1, -0.05) is 35.2 Å². The summed E-state index contributed by atoms with van der Waals surface area (Å²) in [5.74, 6) is 0.388. The van der Waals surface area contributed by atoms with Crippen LogP contribution in [0.5, 0.6) is 0 Å². The lowest BCUT2D eigenvalue weighted by molar-refractivity contribution is -0.507. The molecule has 0 aliphatic carbocycles. The smallest absolute Gasteiger partial charge is 0.231 e. The number of hydrogen-bond acceptors (Lipinski definition) is 8. The van der Waals surface area contributed by atoms with E-state index in [0.29, 0.717) is 23.5 Å². The number of allylic oxidation sites excluding steroid dienone is 1. The Bertz CT molecular complexity index is 527. The highest BCUT2D eigenvalue weighted by molar-refractivity contribution is 8.01. The van der Waals surface area contributed by atoms with Crippen LogP contribution >= 0.6 is 23.1 Å². The molecule has 0 saturated heterocycles. The Kier molecular flexibility index (Phi) is 6.59. The number of aryl methyl sites for hydroxylation is 1. The maximum atomic E-state index is 10.8. The first-order chi connectivity index (χ1) is 9.47. The van der Waals surface area contributed by atoms with E-state index in [2.05, 4.69) is 15.4 Å². The normalized spacial score (nSPS) is 14.3. The van der Waals surface area contributed by atoms with Gasteiger partial charge in [-0.05, 0) is 19.4 Å². The summed E-state index contributed by atoms with van der Waals surface area (Å²) in [5, 5.41) is 31.7. The molecule has 0 spiro atoms. The Labute approximate surface area is 124 Å². The van der Waals surface area contributed by atoms with Crippen LogP contribution < -0.4 is 0 Å². The summed E-state index contributed by atoms with van der Waals surface area (Å²) < 4.78 is 0.775. The summed E-state index contributed by atoms with van der Waals surface area (Å²) in [6.45, 7) is 5.21. The molecule has 0 fully saturated rings. The summed E-state index contributed by atoms with van der Waals surface area (Å²) in [6.07, 6.45) is 2.11. The molecule has 0 radical (unpaired) electrons. The lowest BCUT2D eigenvalue weighted by Gasteiger charge is -2.07. The molecule has 1 aromatic heterocycles. The number of aromatic nitrogens is 2. The molecule has 0 saturated carbocycles. The van der Waals surface area contributed by atoms with Gasteiger partial charge in [0.1, 0.15) is 5.01 Å². The second-order valence-electron chi connectivity index (χ2n) is 4.00. The molecule has 1 N–H and O–H groups in total. The topological polar surface area (TPSA) is 102 Å². The number of thioether (sulfide) groups is 1. The summed E-state index contributed by atoms with van der Waals surface area (Å²) in [5.41, 5.74) is 1.00. The predicted octanol–water partition coefficient (Wildman–Crippen LogP) is 2.77. The van der Waals surface area contributed by atoms with Crippen LogP contribution in [0, 0.1) is 17.0 Å². The van der Waals surface area contributed by atoms with E-state index >= 15 is 0 Å². The largest absolute Gasteiger partial charge is 0.411 e. The molecule has 0 amide bonds. The van der Waals surface area contributed by atoms with Crippen molar-refractivity contribution in [1.29, 1.82) is 0 Å². The van der Waals surface area contributed by atoms with Gasteiger partial charge >= 0.3 is 0 Å². The van der Waals surface area contributed by atoms with Crippen molar-refractivity contribution in [3.63, 3.8) is 0 Å². The molecular formula is C11H16N4O3S2. The number of rotatable bonds is 7. The van der Waals surface area contributed by atoms with Crippen molar-refractivity contribution in [2.24, 2.45) is 5.16 Å². The second-order valence-corrected chi connectivity index (χ2v) is 6.41. The molecule has 110 valence electrons. The van der Waals surface area contributed by atoms with Crippen molar-refractivity contribution >= 4 is 28.8 Å². The zero-order valence-electron chi connectivity index (χ0n) is 11.4. The molecule has 1 atom stereocenters. The van der Waals surface area contributed by atoms with Crippen LogP contribution in [0.25, 0.3) is 0 Å². The van der Waals surface area contributed by atoms with E-state index < -0.39 is 6.04 Å². The SMILES string of the molecule is CC/C(=C\C(CSc1nnc(C)s1)=N/O)C(C)[N+](=O)[O-]. The van der Waals surface area contributed by atoms with Crippen LogP contribution in [0.3, 0.4) is 0 Å². The van der Waals surface area contributed by atoms with E-state index in [1.54, 1.807) is 6.08 Å². The first kappa shape index (κ1) is 16.6. The molecule has 0 aliphatic rings. The van der Waals surface area contributed by atoms with E-state index in [0.717, 1.165) is 9.35 Å². The second kappa shape index (κ2) is 7.95. The Morgan fingerprint density at radius 3 is 2.80 bits per heavy atom. The first-order valence-corrected chi connectivity index (χ1v) is 7.75. The van der Waals surface area contributed by atoms with E-state index in [9.17, 15) is 10.1 Å². The Morgan fingerprint density at radius 2 is 2.35 bits per heavy atom. The van der Waals surface area contributed by atoms with Crippen LogP contribution in [0.2, 0.25) is 0 Å². The van der Waals surface area contributed by atoms with E-state index in [4.69, 9.17) is 5.21 Å². The molecule has 1 unspecified atom stereocenters. The highest BCUT2D eigenvalue weighted by Crippen LogP contribution is 2.22. The minimum Gasteiger partial charge on any atom is -0.411 e. The van der Waals surface area contributed by atoms with Crippen molar-refractivity contribution in [2.75, 3.05) is 5.75 Å². The third kappa shape index (κ3) is 4.89. The van der Waals surface area contributed by atoms with Gasteiger partial charge in [-0.15, -0.1) is 10.2 Å². The highest BCUT2D eigenvalue weighted by Gasteiger charge is 2.18. The van der Waals surface area contributed by atoms with Gasteiger partial charge < -0.3 is 5.21 Å². The Hall–Kier alpha value is -1.48. The van der Waals surface area contributed by atoms with Crippen molar-refractivity contribution in [2.45, 2.75) is 37.6 Å². The van der Waals surface area contributed by atoms with Crippen molar-refractivity contribution in [3.8, 4) is 0 Å². The standard InChI is InChI=1S/C11H16N4O3S2/c1-4-9(7(2)15(17)18)5-10(14-16)6-19-11-13-12-8(3)20-11/h5,7,16H,4,6H2,1-3H3/b9-5+,14-10+. The predicted molar refractivity (Wildman–Crippen MR) is 79.4 cm³/mol. The summed E-state index contributed by atoms with van der Waals surface area (Å²) in [4.78, 5) is 10.4. The summed E-state index contributed by atoms with van der Waals surface area (Å²) >= 11 is 2.84. The average Bonchev–Trinajstić information content (AvgIpc) is 2.84. The third-order valence-corrected chi connectivity index (χ3v) is 4.60. The van der Waals surface area contributed by atoms with E-state index in [1.165, 1.54) is 30.0 Å². The van der Waals surface area contributed by atoms with Crippen LogP contribution in [-0.4, -0.2) is 37.8 Å². The quantitative estimate of drug-likeness (QED) is 0.273. The van der Waals surface area contributed by atoms with Gasteiger partial charge in [0, 0.05) is 23.2 Å². The first-order valence-electron chi connectivity index (χ1n) is 5.95. The van der Waals surface area contributed by atoms with Crippen LogP contribution in [0.1, 0.15) is 25.3 Å². The molecular weight excluding hydrogens is 300 g/mol. The molecule has 1 rings (SSSR count). The van der Waals surface area contributed by atoms with Gasteiger partial charge in [0.2, 0.25) is 6.04 Å². The number of nitrogens with zero attached hydrogens (tertiary/aromatic N) is 4. The van der Waals surface area contributed by atoms with Gasteiger partial charge in [-0.3, -0.25) is 10.1 Å². The molecule has 0 aromatic carbocycles. The van der Waals surface area contributed by atoms with Gasteiger partial charge in [0.05, 0.1) is 5.71 Å². The molecule has 1 heterocycles. The Morgan fingerprint density at radius 1 is 1.65 bits per heavy atom. The monoisotopic (exact) mass is 316 g/mol. The van der Waals surface area contributed by atoms with Crippen molar-refractivity contribution in [1.82, 2.24) is 10.2 Å². The fourth-order valence-corrected chi connectivity index (χ4v) is 3.14. The van der Waals surface area contributed by atoms with Gasteiger partial charge in [-0.25, -0.2) is 0 Å². The molecule has 9 heteroatoms. The summed E-state index contributed by atoms with van der Waals surface area (Å²) in [7, 11) is 0.